The van der Waals surface area contributed by atoms with Crippen molar-refractivity contribution in [2.24, 2.45) is 43.7 Å². The number of carbonyl (C=O) groups is 3. The average Bonchev–Trinajstić information content (AvgIpc) is 3.14. The van der Waals surface area contributed by atoms with E-state index in [1.165, 1.54) is 0 Å². The molecule has 0 fully saturated rings. The van der Waals surface area contributed by atoms with Crippen LogP contribution in [0.2, 0.25) is 0 Å². The first-order chi connectivity index (χ1) is 24.6. The molecule has 0 bridgehead atoms. The van der Waals surface area contributed by atoms with Crippen LogP contribution in [0.1, 0.15) is 171 Å². The van der Waals surface area contributed by atoms with Gasteiger partial charge in [0.2, 0.25) is 17.7 Å². The maximum Gasteiger partial charge on any atom is 0.235 e. The van der Waals surface area contributed by atoms with Crippen LogP contribution in [0.5, 0.6) is 0 Å². The predicted molar refractivity (Wildman–Crippen MR) is 246 cm³/mol. The molecule has 0 unspecified atom stereocenters. The highest BCUT2D eigenvalue weighted by Crippen LogP contribution is 2.41. The Morgan fingerprint density at radius 3 is 0.981 bits per heavy atom. The van der Waals surface area contributed by atoms with Gasteiger partial charge in [0.15, 0.2) is 0 Å². The Morgan fingerprint density at radius 1 is 0.574 bits per heavy atom. The molecule has 0 radical (unpaired) electrons. The van der Waals surface area contributed by atoms with Crippen molar-refractivity contribution in [1.82, 2.24) is 14.2 Å². The van der Waals surface area contributed by atoms with Crippen LogP contribution in [0.3, 0.4) is 0 Å². The van der Waals surface area contributed by atoms with Crippen molar-refractivity contribution < 1.29 is 14.4 Å². The molecule has 15 nitrogen and oxygen atoms in total. The van der Waals surface area contributed by atoms with Gasteiger partial charge in [-0.15, -0.1) is 0 Å². The number of nitrogens with zero attached hydrogens (tertiary/aromatic N) is 6. The lowest BCUT2D eigenvalue weighted by Crippen LogP contribution is -2.46. The van der Waals surface area contributed by atoms with Crippen LogP contribution in [0.25, 0.3) is 20.9 Å². The van der Waals surface area contributed by atoms with Crippen molar-refractivity contribution in [1.29, 1.82) is 0 Å². The summed E-state index contributed by atoms with van der Waals surface area (Å²) in [5.74, 6) is -0.497. The Labute approximate surface area is 349 Å². The molecular formula is C36H88N12O3S3. The van der Waals surface area contributed by atoms with E-state index in [1.54, 1.807) is 13.8 Å². The third-order valence-corrected chi connectivity index (χ3v) is 8.83. The highest BCUT2D eigenvalue weighted by atomic mass is 32.1. The molecule has 9 N–H and O–H groups in total. The molecule has 0 aliphatic heterocycles. The number of carbonyl (C=O) groups excluding carboxylic acids is 3. The Balaban J connectivity index is -0.0000000631. The van der Waals surface area contributed by atoms with Crippen molar-refractivity contribution in [2.45, 2.75) is 182 Å². The number of rotatable bonds is 11. The van der Waals surface area contributed by atoms with Crippen molar-refractivity contribution in [3.05, 3.63) is 20.9 Å². The molecule has 0 saturated carbocycles. The monoisotopic (exact) mass is 833 g/mol. The smallest absolute Gasteiger partial charge is 0.235 e. The highest BCUT2D eigenvalue weighted by Gasteiger charge is 2.34. The molecule has 0 spiro atoms. The van der Waals surface area contributed by atoms with E-state index in [-0.39, 0.29) is 45.7 Å². The fourth-order valence-electron chi connectivity index (χ4n) is 1.65. The van der Waals surface area contributed by atoms with Gasteiger partial charge in [0.25, 0.3) is 0 Å². The van der Waals surface area contributed by atoms with Crippen LogP contribution in [0.15, 0.2) is 10.2 Å². The Morgan fingerprint density at radius 2 is 0.852 bits per heavy atom. The van der Waals surface area contributed by atoms with E-state index < -0.39 is 5.91 Å². The highest BCUT2D eigenvalue weighted by molar-refractivity contribution is 7.79. The van der Waals surface area contributed by atoms with E-state index in [9.17, 15) is 14.4 Å². The number of hydrogen-bond donors (Lipinski definition) is 9. The summed E-state index contributed by atoms with van der Waals surface area (Å²) in [5, 5.41) is 6.60. The van der Waals surface area contributed by atoms with E-state index in [0.717, 1.165) is 25.8 Å². The molecule has 0 aliphatic carbocycles. The lowest BCUT2D eigenvalue weighted by Gasteiger charge is -2.40. The molecule has 0 saturated heterocycles. The second kappa shape index (κ2) is 47.1. The molecule has 0 rings (SSSR count). The minimum absolute atomic E-state index is 0.0417. The molecule has 0 atom stereocenters. The maximum atomic E-state index is 10.1. The summed E-state index contributed by atoms with van der Waals surface area (Å²) in [6.45, 7) is 42.3. The standard InChI is InChI=1S/C9H19N3.C8H19N.C5H13N.2C3H7NOS.C2H4N4OS.C2H7N.2C2H6/c1-6-8(2,3)9(4,5)7-11-12-10;1-6-7(2,3)8(4,5)9;1-4-5(2,3)6;2*1-2-3(5)4-6;3-6-4-1-2(7)5-8;1-2-3;2*1-2/h6-7H2,1-5H3;6,9H2,1-5H3;4,6H2,1-3H3;2*6H,2H2,1H3,(H,4,5);8H,1H2,(H,5,7);2-3H2,1H3;2*1-2H3. The zero-order valence-electron chi connectivity index (χ0n) is 38.1. The number of azide groups is 2. The molecule has 54 heavy (non-hydrogen) atoms. The topological polar surface area (TPSA) is 263 Å². The fourth-order valence-corrected chi connectivity index (χ4v) is 2.03. The SMILES string of the molecule is CC.CC.CCC(=O)NS.CCC(=O)NS.CCC(C)(C)C(C)(C)CN=[N+]=[N-].CCC(C)(C)C(C)(C)N.CCC(C)(C)N.CCN.[N-]=[N+]=NCC(=O)NS. The second-order valence-electron chi connectivity index (χ2n) is 13.9. The second-order valence-corrected chi connectivity index (χ2v) is 14.6. The number of hydrogen-bond acceptors (Lipinski definition) is 11. The molecular weight excluding hydrogens is 745 g/mol. The molecule has 18 heteroatoms. The summed E-state index contributed by atoms with van der Waals surface area (Å²) in [4.78, 5) is 35.3. The molecule has 0 aromatic heterocycles. The van der Waals surface area contributed by atoms with E-state index >= 15 is 0 Å². The third-order valence-electron chi connectivity index (χ3n) is 8.08. The summed E-state index contributed by atoms with van der Waals surface area (Å²) < 4.78 is 6.33. The molecule has 3 amide bonds. The first-order valence-corrected chi connectivity index (χ1v) is 20.0. The van der Waals surface area contributed by atoms with Gasteiger partial charge in [0.05, 0.1) is 0 Å². The van der Waals surface area contributed by atoms with Gasteiger partial charge >= 0.3 is 0 Å². The lowest BCUT2D eigenvalue weighted by molar-refractivity contribution is -0.119. The number of thiol groups is 3. The third kappa shape index (κ3) is 62.0. The van der Waals surface area contributed by atoms with Gasteiger partial charge in [-0.3, -0.25) is 14.4 Å². The van der Waals surface area contributed by atoms with Gasteiger partial charge in [0.1, 0.15) is 6.54 Å². The van der Waals surface area contributed by atoms with Crippen LogP contribution < -0.4 is 31.4 Å². The number of nitrogens with one attached hydrogen (secondary N) is 3. The number of nitrogens with two attached hydrogens (primary N) is 3. The first kappa shape index (κ1) is 73.1. The van der Waals surface area contributed by atoms with Crippen LogP contribution in [-0.4, -0.2) is 48.4 Å². The van der Waals surface area contributed by atoms with Crippen LogP contribution in [-0.2, 0) is 14.4 Å². The minimum Gasteiger partial charge on any atom is -0.331 e. The normalized spacial score (nSPS) is 9.74. The average molecular weight is 833 g/mol. The summed E-state index contributed by atoms with van der Waals surface area (Å²) >= 11 is 10.4. The summed E-state index contributed by atoms with van der Waals surface area (Å²) in [7, 11) is 0. The summed E-state index contributed by atoms with van der Waals surface area (Å²) in [6.07, 6.45) is 4.29. The molecule has 0 aromatic carbocycles. The van der Waals surface area contributed by atoms with Gasteiger partial charge in [-0.25, -0.2) is 0 Å². The summed E-state index contributed by atoms with van der Waals surface area (Å²) in [5.41, 5.74) is 32.7. The van der Waals surface area contributed by atoms with Gasteiger partial charge < -0.3 is 31.4 Å². The fraction of sp³-hybridized carbons (Fsp3) is 0.917. The van der Waals surface area contributed by atoms with E-state index in [1.807, 2.05) is 53.2 Å². The van der Waals surface area contributed by atoms with E-state index in [2.05, 4.69) is 144 Å². The molecule has 328 valence electrons. The van der Waals surface area contributed by atoms with E-state index in [0.29, 0.717) is 19.4 Å². The quantitative estimate of drug-likeness (QED) is 0.0423. The molecule has 0 heterocycles. The van der Waals surface area contributed by atoms with Gasteiger partial charge in [-0.05, 0) is 74.4 Å². The molecule has 0 aliphatic rings. The van der Waals surface area contributed by atoms with Crippen molar-refractivity contribution >= 4 is 56.2 Å². The Hall–Kier alpha value is -2.04. The van der Waals surface area contributed by atoms with Gasteiger partial charge in [-0.2, -0.15) is 0 Å². The maximum absolute atomic E-state index is 10.1. The van der Waals surface area contributed by atoms with Gasteiger partial charge in [0, 0.05) is 40.3 Å². The molecule has 0 aromatic rings. The van der Waals surface area contributed by atoms with Crippen LogP contribution in [0.4, 0.5) is 0 Å². The Kier molecular flexibility index (Phi) is 63.8. The predicted octanol–water partition coefficient (Wildman–Crippen LogP) is 10.0. The van der Waals surface area contributed by atoms with E-state index in [4.69, 9.17) is 28.3 Å². The van der Waals surface area contributed by atoms with Crippen LogP contribution >= 0.6 is 38.4 Å². The van der Waals surface area contributed by atoms with Crippen molar-refractivity contribution in [3.63, 3.8) is 0 Å². The Bertz CT molecular complexity index is 915. The summed E-state index contributed by atoms with van der Waals surface area (Å²) in [6, 6.07) is 0. The number of amides is 3. The van der Waals surface area contributed by atoms with Crippen molar-refractivity contribution in [3.8, 4) is 0 Å². The van der Waals surface area contributed by atoms with Gasteiger partial charge in [-0.1, -0.05) is 166 Å². The first-order valence-electron chi connectivity index (χ1n) is 18.7. The zero-order chi connectivity index (χ0) is 45.8. The lowest BCUT2D eigenvalue weighted by atomic mass is 9.66. The zero-order valence-corrected chi connectivity index (χ0v) is 40.8. The largest absolute Gasteiger partial charge is 0.331 e. The minimum atomic E-state index is -0.411. The van der Waals surface area contributed by atoms with Crippen molar-refractivity contribution in [2.75, 3.05) is 19.6 Å². The van der Waals surface area contributed by atoms with Crippen LogP contribution in [0, 0.1) is 16.2 Å².